The molecule has 0 saturated carbocycles. The van der Waals surface area contributed by atoms with Crippen LogP contribution >= 0.6 is 12.4 Å². The van der Waals surface area contributed by atoms with Crippen molar-refractivity contribution < 1.29 is 48.0 Å². The average molecular weight is 617 g/mol. The SMILES string of the molecule is CC1=C(O)C2(COC2)N(C(=O)OCc2ccccc2)C1.Cl.O=C(OCc1ccccc1)N1CCC(=O)C12COC2.O=C=O. The van der Waals surface area contributed by atoms with Crippen molar-refractivity contribution in [3.05, 3.63) is 83.1 Å². The van der Waals surface area contributed by atoms with Gasteiger partial charge in [0.1, 0.15) is 24.5 Å². The Balaban J connectivity index is 0.000000212. The largest absolute Gasteiger partial charge is 0.510 e. The van der Waals surface area contributed by atoms with Crippen LogP contribution < -0.4 is 0 Å². The second-order valence-corrected chi connectivity index (χ2v) is 10.3. The van der Waals surface area contributed by atoms with Crippen molar-refractivity contribution in [1.29, 1.82) is 0 Å². The van der Waals surface area contributed by atoms with Gasteiger partial charge in [0.05, 0.1) is 26.4 Å². The Hall–Kier alpha value is -4.22. The smallest absolute Gasteiger partial charge is 0.411 e. The predicted octanol–water partition coefficient (Wildman–Crippen LogP) is 3.45. The molecule has 4 aliphatic heterocycles. The second-order valence-electron chi connectivity index (χ2n) is 10.3. The molecule has 0 unspecified atom stereocenters. The van der Waals surface area contributed by atoms with Gasteiger partial charge < -0.3 is 24.1 Å². The number of rotatable bonds is 4. The molecule has 0 aromatic heterocycles. The number of aliphatic hydroxyl groups excluding tert-OH is 1. The molecule has 4 aliphatic rings. The number of hydrogen-bond acceptors (Lipinski definition) is 10. The maximum atomic E-state index is 12.2. The fourth-order valence-electron chi connectivity index (χ4n) is 5.10. The fraction of sp³-hybridized carbons (Fsp3) is 0.400. The summed E-state index contributed by atoms with van der Waals surface area (Å²) in [5.74, 6) is 0.329. The van der Waals surface area contributed by atoms with E-state index in [-0.39, 0.29) is 43.3 Å². The van der Waals surface area contributed by atoms with Gasteiger partial charge in [-0.3, -0.25) is 14.6 Å². The van der Waals surface area contributed by atoms with Crippen LogP contribution in [0.5, 0.6) is 0 Å². The van der Waals surface area contributed by atoms with Gasteiger partial charge in [-0.05, 0) is 23.6 Å². The van der Waals surface area contributed by atoms with Crippen molar-refractivity contribution in [2.75, 3.05) is 39.5 Å². The maximum Gasteiger partial charge on any atom is 0.411 e. The van der Waals surface area contributed by atoms with E-state index in [1.165, 1.54) is 4.90 Å². The Morgan fingerprint density at radius 3 is 1.70 bits per heavy atom. The summed E-state index contributed by atoms with van der Waals surface area (Å²) in [6, 6.07) is 19.0. The summed E-state index contributed by atoms with van der Waals surface area (Å²) in [5, 5.41) is 10.1. The van der Waals surface area contributed by atoms with E-state index in [9.17, 15) is 19.5 Å². The number of ether oxygens (including phenoxy) is 4. The molecule has 0 atom stereocenters. The molecule has 2 aromatic rings. The molecule has 3 saturated heterocycles. The van der Waals surface area contributed by atoms with Gasteiger partial charge in [-0.25, -0.2) is 9.59 Å². The average Bonchev–Trinajstić information content (AvgIpc) is 3.46. The van der Waals surface area contributed by atoms with Crippen molar-refractivity contribution in [1.82, 2.24) is 9.80 Å². The molecule has 4 heterocycles. The zero-order chi connectivity index (χ0) is 30.2. The van der Waals surface area contributed by atoms with Gasteiger partial charge in [-0.15, -0.1) is 12.4 Å². The minimum atomic E-state index is -0.742. The van der Waals surface area contributed by atoms with Gasteiger partial charge in [-0.1, -0.05) is 60.7 Å². The quantitative estimate of drug-likeness (QED) is 0.541. The number of ketones is 1. The van der Waals surface area contributed by atoms with E-state index in [4.69, 9.17) is 28.5 Å². The summed E-state index contributed by atoms with van der Waals surface area (Å²) in [7, 11) is 0. The number of halogens is 1. The summed E-state index contributed by atoms with van der Waals surface area (Å²) >= 11 is 0. The molecule has 12 nitrogen and oxygen atoms in total. The van der Waals surface area contributed by atoms with Crippen molar-refractivity contribution >= 4 is 36.5 Å². The highest BCUT2D eigenvalue weighted by Gasteiger charge is 2.57. The first kappa shape index (κ1) is 33.3. The third-order valence-corrected chi connectivity index (χ3v) is 7.57. The molecule has 3 fully saturated rings. The van der Waals surface area contributed by atoms with Crippen LogP contribution in [-0.2, 0) is 46.5 Å². The third kappa shape index (κ3) is 7.06. The molecule has 2 spiro atoms. The number of hydrogen-bond donors (Lipinski definition) is 1. The van der Waals surface area contributed by atoms with Crippen LogP contribution in [0.25, 0.3) is 0 Å². The van der Waals surface area contributed by atoms with Crippen LogP contribution in [0, 0.1) is 0 Å². The first-order chi connectivity index (χ1) is 20.3. The lowest BCUT2D eigenvalue weighted by atomic mass is 9.93. The molecule has 43 heavy (non-hydrogen) atoms. The number of likely N-dealkylation sites (tertiary alicyclic amines) is 1. The first-order valence-corrected chi connectivity index (χ1v) is 13.3. The van der Waals surface area contributed by atoms with Gasteiger partial charge in [0.2, 0.25) is 0 Å². The zero-order valence-corrected chi connectivity index (χ0v) is 24.4. The van der Waals surface area contributed by atoms with E-state index < -0.39 is 23.3 Å². The van der Waals surface area contributed by atoms with Gasteiger partial charge in [-0.2, -0.15) is 9.59 Å². The van der Waals surface area contributed by atoms with Crippen molar-refractivity contribution in [2.45, 2.75) is 37.6 Å². The molecule has 6 rings (SSSR count). The summed E-state index contributed by atoms with van der Waals surface area (Å²) in [5.41, 5.74) is 1.23. The van der Waals surface area contributed by atoms with E-state index in [1.54, 1.807) is 4.90 Å². The maximum absolute atomic E-state index is 12.2. The molecular formula is C30H33ClN2O10. The monoisotopic (exact) mass is 616 g/mol. The number of aliphatic hydroxyl groups is 1. The van der Waals surface area contributed by atoms with Crippen molar-refractivity contribution in [2.24, 2.45) is 0 Å². The minimum absolute atomic E-state index is 0. The van der Waals surface area contributed by atoms with Gasteiger partial charge in [0, 0.05) is 19.5 Å². The number of amides is 2. The van der Waals surface area contributed by atoms with E-state index in [1.807, 2.05) is 67.6 Å². The van der Waals surface area contributed by atoms with Gasteiger partial charge in [0.15, 0.2) is 11.3 Å². The van der Waals surface area contributed by atoms with Crippen LogP contribution in [0.4, 0.5) is 9.59 Å². The lowest BCUT2D eigenvalue weighted by Gasteiger charge is -2.44. The molecule has 0 aliphatic carbocycles. The Labute approximate surface area is 254 Å². The van der Waals surface area contributed by atoms with E-state index in [0.29, 0.717) is 45.9 Å². The van der Waals surface area contributed by atoms with E-state index >= 15 is 0 Å². The lowest BCUT2D eigenvalue weighted by molar-refractivity contribution is -0.191. The Kier molecular flexibility index (Phi) is 11.4. The number of carbonyl (C=O) groups excluding carboxylic acids is 5. The molecule has 13 heteroatoms. The third-order valence-electron chi connectivity index (χ3n) is 7.57. The summed E-state index contributed by atoms with van der Waals surface area (Å²) in [4.78, 5) is 55.5. The number of benzene rings is 2. The van der Waals surface area contributed by atoms with Crippen LogP contribution in [0.2, 0.25) is 0 Å². The summed E-state index contributed by atoms with van der Waals surface area (Å²) in [6.45, 7) is 4.35. The number of nitrogens with zero attached hydrogens (tertiary/aromatic N) is 2. The molecule has 2 aromatic carbocycles. The second kappa shape index (κ2) is 14.8. The van der Waals surface area contributed by atoms with E-state index in [0.717, 1.165) is 16.7 Å². The molecule has 2 amide bonds. The summed E-state index contributed by atoms with van der Waals surface area (Å²) in [6.07, 6.45) is -0.206. The molecule has 0 bridgehead atoms. The fourth-order valence-corrected chi connectivity index (χ4v) is 5.10. The Morgan fingerprint density at radius 1 is 0.837 bits per heavy atom. The van der Waals surface area contributed by atoms with E-state index in [2.05, 4.69) is 0 Å². The molecule has 0 radical (unpaired) electrons. The van der Waals surface area contributed by atoms with Gasteiger partial charge >= 0.3 is 18.3 Å². The molecular weight excluding hydrogens is 584 g/mol. The van der Waals surface area contributed by atoms with Crippen molar-refractivity contribution in [3.63, 3.8) is 0 Å². The van der Waals surface area contributed by atoms with Crippen LogP contribution in [0.1, 0.15) is 24.5 Å². The molecule has 1 N–H and O–H groups in total. The Bertz CT molecular complexity index is 1340. The highest BCUT2D eigenvalue weighted by atomic mass is 35.5. The minimum Gasteiger partial charge on any atom is -0.510 e. The Morgan fingerprint density at radius 2 is 1.28 bits per heavy atom. The van der Waals surface area contributed by atoms with Crippen LogP contribution in [-0.4, -0.2) is 89.6 Å². The number of Topliss-reactive ketones (excluding diaryl/α,β-unsaturated/α-hetero) is 1. The van der Waals surface area contributed by atoms with Crippen LogP contribution in [0.15, 0.2) is 72.0 Å². The first-order valence-electron chi connectivity index (χ1n) is 13.3. The standard InChI is InChI=1S/C15H17NO4.C14H15NO4.CO2.ClH/c1-11-7-16(15(13(11)17)9-19-10-15)14(18)20-8-12-5-3-2-4-6-12;16-12-6-7-15(14(12)9-18-10-14)13(17)19-8-11-4-2-1-3-5-11;2-1-3;/h2-6,17H,7-10H2,1H3;1-5H,6-10H2;;1H. The summed E-state index contributed by atoms with van der Waals surface area (Å²) < 4.78 is 20.9. The number of carbonyl (C=O) groups is 3. The lowest BCUT2D eigenvalue weighted by Crippen LogP contribution is -2.64. The normalized spacial score (nSPS) is 18.6. The zero-order valence-electron chi connectivity index (χ0n) is 23.6. The van der Waals surface area contributed by atoms with Crippen LogP contribution in [0.3, 0.4) is 0 Å². The van der Waals surface area contributed by atoms with Crippen molar-refractivity contribution in [3.8, 4) is 0 Å². The predicted molar refractivity (Wildman–Crippen MR) is 151 cm³/mol. The van der Waals surface area contributed by atoms with Gasteiger partial charge in [0.25, 0.3) is 0 Å². The highest BCUT2D eigenvalue weighted by molar-refractivity contribution is 5.95. The molecule has 230 valence electrons. The topological polar surface area (TPSA) is 149 Å². The highest BCUT2D eigenvalue weighted by Crippen LogP contribution is 2.39.